The topological polar surface area (TPSA) is 76.2 Å². The molecule has 2 rings (SSSR count). The quantitative estimate of drug-likeness (QED) is 0.536. The van der Waals surface area contributed by atoms with Gasteiger partial charge in [0.15, 0.2) is 0 Å². The van der Waals surface area contributed by atoms with E-state index in [1.807, 2.05) is 0 Å². The summed E-state index contributed by atoms with van der Waals surface area (Å²) in [7, 11) is 0. The summed E-state index contributed by atoms with van der Waals surface area (Å²) in [5.41, 5.74) is -1.46. The Bertz CT molecular complexity index is 593. The fourth-order valence-electron chi connectivity index (χ4n) is 2.61. The zero-order valence-electron chi connectivity index (χ0n) is 14.8. The van der Waals surface area contributed by atoms with Crippen molar-refractivity contribution in [2.45, 2.75) is 64.8 Å². The summed E-state index contributed by atoms with van der Waals surface area (Å²) in [6, 6.07) is -0.484. The van der Waals surface area contributed by atoms with Gasteiger partial charge in [-0.1, -0.05) is 11.8 Å². The highest BCUT2D eigenvalue weighted by molar-refractivity contribution is 6.02. The van der Waals surface area contributed by atoms with E-state index < -0.39 is 23.5 Å². The van der Waals surface area contributed by atoms with Gasteiger partial charge in [0.05, 0.1) is 13.2 Å². The smallest absolute Gasteiger partial charge is 0.413 e. The average molecular weight is 336 g/mol. The molecular weight excluding hydrogens is 312 g/mol. The molecule has 2 aliphatic rings. The van der Waals surface area contributed by atoms with Crippen molar-refractivity contribution < 1.29 is 23.9 Å². The minimum Gasteiger partial charge on any atom is -0.444 e. The second-order valence-corrected chi connectivity index (χ2v) is 7.32. The lowest BCUT2D eigenvalue weighted by Gasteiger charge is -2.33. The van der Waals surface area contributed by atoms with Gasteiger partial charge >= 0.3 is 6.09 Å². The van der Waals surface area contributed by atoms with Crippen LogP contribution in [0.3, 0.4) is 0 Å². The van der Waals surface area contributed by atoms with E-state index >= 15 is 0 Å². The Morgan fingerprint density at radius 3 is 2.42 bits per heavy atom. The number of ether oxygens (including phenoxy) is 2. The molecule has 0 aromatic rings. The number of imide groups is 1. The number of likely N-dealkylation sites (tertiary alicyclic amines) is 1. The largest absolute Gasteiger partial charge is 0.444 e. The number of rotatable bonds is 1. The van der Waals surface area contributed by atoms with Gasteiger partial charge in [0, 0.05) is 12.8 Å². The monoisotopic (exact) mass is 336 g/mol. The molecular formula is C17H24N2O5. The fraction of sp³-hybridized carbons (Fsp3) is 0.706. The van der Waals surface area contributed by atoms with Crippen LogP contribution in [0.15, 0.2) is 0 Å². The minimum absolute atomic E-state index is 0.0384. The van der Waals surface area contributed by atoms with Crippen LogP contribution >= 0.6 is 0 Å². The van der Waals surface area contributed by atoms with Crippen LogP contribution in [0.4, 0.5) is 4.79 Å². The Hall–Kier alpha value is -2.07. The van der Waals surface area contributed by atoms with E-state index in [4.69, 9.17) is 9.47 Å². The molecule has 2 aliphatic heterocycles. The lowest BCUT2D eigenvalue weighted by atomic mass is 10.2. The summed E-state index contributed by atoms with van der Waals surface area (Å²) < 4.78 is 11.1. The van der Waals surface area contributed by atoms with E-state index in [1.165, 1.54) is 4.90 Å². The molecule has 1 atom stereocenters. The van der Waals surface area contributed by atoms with Crippen molar-refractivity contribution in [3.8, 4) is 11.8 Å². The van der Waals surface area contributed by atoms with Crippen molar-refractivity contribution in [2.75, 3.05) is 13.2 Å². The van der Waals surface area contributed by atoms with Gasteiger partial charge in [-0.25, -0.2) is 4.79 Å². The number of amides is 3. The van der Waals surface area contributed by atoms with Crippen LogP contribution in [0.25, 0.3) is 0 Å². The third-order valence-electron chi connectivity index (χ3n) is 3.74. The Labute approximate surface area is 142 Å². The summed E-state index contributed by atoms with van der Waals surface area (Å²) in [5.74, 6) is 5.33. The lowest BCUT2D eigenvalue weighted by molar-refractivity contribution is -0.137. The normalized spacial score (nSPS) is 23.3. The molecule has 3 amide bonds. The molecule has 2 fully saturated rings. The molecule has 24 heavy (non-hydrogen) atoms. The van der Waals surface area contributed by atoms with Crippen LogP contribution in [-0.4, -0.2) is 58.2 Å². The molecule has 2 saturated heterocycles. The van der Waals surface area contributed by atoms with Crippen LogP contribution in [-0.2, 0) is 19.1 Å². The molecule has 0 aromatic heterocycles. The minimum atomic E-state index is -0.832. The number of hydrogen-bond acceptors (Lipinski definition) is 5. The first-order valence-corrected chi connectivity index (χ1v) is 7.99. The van der Waals surface area contributed by atoms with E-state index in [9.17, 15) is 14.4 Å². The number of hydrogen-bond donors (Lipinski definition) is 0. The Kier molecular flexibility index (Phi) is 4.90. The van der Waals surface area contributed by atoms with Gasteiger partial charge in [-0.3, -0.25) is 19.4 Å². The Morgan fingerprint density at radius 1 is 1.29 bits per heavy atom. The fourth-order valence-corrected chi connectivity index (χ4v) is 2.61. The second-order valence-electron chi connectivity index (χ2n) is 7.32. The van der Waals surface area contributed by atoms with Gasteiger partial charge in [-0.05, 0) is 34.6 Å². The number of nitrogens with zero attached hydrogens (tertiary/aromatic N) is 2. The number of carbonyl (C=O) groups is 3. The van der Waals surface area contributed by atoms with Gasteiger partial charge in [0.25, 0.3) is 0 Å². The average Bonchev–Trinajstić information content (AvgIpc) is 2.89. The zero-order chi connectivity index (χ0) is 18.1. The molecule has 0 saturated carbocycles. The molecule has 132 valence electrons. The molecule has 0 unspecified atom stereocenters. The summed E-state index contributed by atoms with van der Waals surface area (Å²) >= 11 is 0. The third-order valence-corrected chi connectivity index (χ3v) is 3.74. The van der Waals surface area contributed by atoms with Crippen molar-refractivity contribution in [1.29, 1.82) is 0 Å². The Morgan fingerprint density at radius 2 is 1.88 bits per heavy atom. The molecule has 0 spiro atoms. The highest BCUT2D eigenvalue weighted by atomic mass is 16.6. The van der Waals surface area contributed by atoms with Crippen LogP contribution in [0, 0.1) is 11.8 Å². The molecule has 2 heterocycles. The Balaban J connectivity index is 2.09. The first-order valence-electron chi connectivity index (χ1n) is 7.99. The predicted molar refractivity (Wildman–Crippen MR) is 85.6 cm³/mol. The summed E-state index contributed by atoms with van der Waals surface area (Å²) in [5, 5.41) is 0. The number of carbonyl (C=O) groups excluding carboxylic acids is 3. The highest BCUT2D eigenvalue weighted by Gasteiger charge is 2.45. The van der Waals surface area contributed by atoms with Gasteiger partial charge in [0.1, 0.15) is 17.4 Å². The standard InChI is InChI=1S/C17H24N2O5/c1-16(2,3)24-15(22)19-12(11-23-17(19,4)5)7-6-10-18-13(20)8-9-14(18)21/h12H,8-11H2,1-5H3/t12-/m0/s1. The SMILES string of the molecule is CC(C)(C)OC(=O)N1[C@@H](C#CCN2C(=O)CCC2=O)COC1(C)C. The molecule has 0 radical (unpaired) electrons. The summed E-state index contributed by atoms with van der Waals surface area (Å²) in [6.07, 6.45) is -0.0218. The van der Waals surface area contributed by atoms with Crippen LogP contribution in [0.1, 0.15) is 47.5 Å². The third kappa shape index (κ3) is 4.06. The summed E-state index contributed by atoms with van der Waals surface area (Å²) in [4.78, 5) is 38.2. The second kappa shape index (κ2) is 6.44. The maximum absolute atomic E-state index is 12.4. The van der Waals surface area contributed by atoms with Crippen LogP contribution in [0.2, 0.25) is 0 Å². The van der Waals surface area contributed by atoms with Gasteiger partial charge in [0.2, 0.25) is 11.8 Å². The first-order chi connectivity index (χ1) is 11.0. The molecule has 0 N–H and O–H groups in total. The van der Waals surface area contributed by atoms with E-state index in [1.54, 1.807) is 34.6 Å². The maximum Gasteiger partial charge on any atom is 0.413 e. The van der Waals surface area contributed by atoms with E-state index in [0.717, 1.165) is 4.90 Å². The van der Waals surface area contributed by atoms with E-state index in [-0.39, 0.29) is 37.8 Å². The predicted octanol–water partition coefficient (Wildman–Crippen LogP) is 1.51. The van der Waals surface area contributed by atoms with Crippen LogP contribution in [0.5, 0.6) is 0 Å². The molecule has 0 aromatic carbocycles. The van der Waals surface area contributed by atoms with Gasteiger partial charge in [-0.15, -0.1) is 0 Å². The van der Waals surface area contributed by atoms with Crippen molar-refractivity contribution in [2.24, 2.45) is 0 Å². The summed E-state index contributed by atoms with van der Waals surface area (Å²) in [6.45, 7) is 9.20. The lowest BCUT2D eigenvalue weighted by Crippen LogP contribution is -2.49. The maximum atomic E-state index is 12.4. The van der Waals surface area contributed by atoms with E-state index in [0.29, 0.717) is 0 Å². The van der Waals surface area contributed by atoms with Crippen LogP contribution < -0.4 is 0 Å². The van der Waals surface area contributed by atoms with Crippen molar-refractivity contribution in [3.63, 3.8) is 0 Å². The molecule has 7 nitrogen and oxygen atoms in total. The van der Waals surface area contributed by atoms with Crippen molar-refractivity contribution >= 4 is 17.9 Å². The first kappa shape index (κ1) is 18.3. The van der Waals surface area contributed by atoms with Crippen molar-refractivity contribution in [1.82, 2.24) is 9.80 Å². The molecule has 0 aliphatic carbocycles. The highest BCUT2D eigenvalue weighted by Crippen LogP contribution is 2.29. The van der Waals surface area contributed by atoms with E-state index in [2.05, 4.69) is 11.8 Å². The van der Waals surface area contributed by atoms with Gasteiger partial charge < -0.3 is 9.47 Å². The molecule has 7 heteroatoms. The zero-order valence-corrected chi connectivity index (χ0v) is 14.8. The van der Waals surface area contributed by atoms with Crippen molar-refractivity contribution in [3.05, 3.63) is 0 Å². The van der Waals surface area contributed by atoms with Gasteiger partial charge in [-0.2, -0.15) is 0 Å². The molecule has 0 bridgehead atoms.